The van der Waals surface area contributed by atoms with Gasteiger partial charge in [0.1, 0.15) is 5.01 Å². The number of aryl methyl sites for hydroxylation is 1. The van der Waals surface area contributed by atoms with E-state index < -0.39 is 0 Å². The molecule has 14 heavy (non-hydrogen) atoms. The summed E-state index contributed by atoms with van der Waals surface area (Å²) in [6, 6.07) is 0.395. The van der Waals surface area contributed by atoms with Gasteiger partial charge in [-0.05, 0) is 19.6 Å². The van der Waals surface area contributed by atoms with Crippen molar-refractivity contribution in [3.63, 3.8) is 0 Å². The average Bonchev–Trinajstić information content (AvgIpc) is 2.59. The van der Waals surface area contributed by atoms with Gasteiger partial charge >= 0.3 is 0 Å². The van der Waals surface area contributed by atoms with E-state index in [4.69, 9.17) is 0 Å². The maximum atomic E-state index is 4.36. The Hall–Kier alpha value is -0.0600. The van der Waals surface area contributed by atoms with Crippen LogP contribution in [-0.4, -0.2) is 23.0 Å². The van der Waals surface area contributed by atoms with E-state index in [1.54, 1.807) is 11.3 Å². The Labute approximate surface area is 94.5 Å². The van der Waals surface area contributed by atoms with Gasteiger partial charge < -0.3 is 5.32 Å². The predicted molar refractivity (Wildman–Crippen MR) is 66.3 cm³/mol. The maximum Gasteiger partial charge on any atom is 0.109 e. The van der Waals surface area contributed by atoms with Crippen molar-refractivity contribution in [1.82, 2.24) is 10.3 Å². The molecular formula is C10H18N2S2. The fourth-order valence-corrected chi connectivity index (χ4v) is 2.50. The van der Waals surface area contributed by atoms with Gasteiger partial charge in [-0.3, -0.25) is 0 Å². The highest BCUT2D eigenvalue weighted by Gasteiger charge is 2.07. The number of hydrogen-bond acceptors (Lipinski definition) is 4. The zero-order chi connectivity index (χ0) is 10.4. The van der Waals surface area contributed by atoms with Crippen molar-refractivity contribution in [2.45, 2.75) is 26.8 Å². The predicted octanol–water partition coefficient (Wildman–Crippen LogP) is 2.86. The summed E-state index contributed by atoms with van der Waals surface area (Å²) in [5.74, 6) is 2.39. The molecule has 1 aromatic heterocycles. The molecule has 1 atom stereocenters. The van der Waals surface area contributed by atoms with Crippen LogP contribution in [0.25, 0.3) is 0 Å². The molecule has 2 nitrogen and oxygen atoms in total. The van der Waals surface area contributed by atoms with E-state index in [2.05, 4.69) is 31.1 Å². The Morgan fingerprint density at radius 3 is 3.00 bits per heavy atom. The normalized spacial score (nSPS) is 13.1. The van der Waals surface area contributed by atoms with Crippen molar-refractivity contribution in [2.75, 3.05) is 18.1 Å². The highest BCUT2D eigenvalue weighted by molar-refractivity contribution is 7.99. The number of thiazole rings is 1. The number of aromatic nitrogens is 1. The third-order valence-electron chi connectivity index (χ3n) is 1.91. The summed E-state index contributed by atoms with van der Waals surface area (Å²) in [6.45, 7) is 7.53. The van der Waals surface area contributed by atoms with Gasteiger partial charge in [0.05, 0.1) is 6.04 Å². The lowest BCUT2D eigenvalue weighted by Crippen LogP contribution is -2.21. The molecule has 0 spiro atoms. The first-order valence-corrected chi connectivity index (χ1v) is 6.94. The molecule has 0 aromatic carbocycles. The van der Waals surface area contributed by atoms with Gasteiger partial charge in [0, 0.05) is 23.4 Å². The van der Waals surface area contributed by atoms with E-state index in [0.717, 1.165) is 6.54 Å². The molecule has 0 amide bonds. The lowest BCUT2D eigenvalue weighted by atomic mass is 10.3. The van der Waals surface area contributed by atoms with E-state index in [0.29, 0.717) is 6.04 Å². The van der Waals surface area contributed by atoms with Crippen molar-refractivity contribution < 1.29 is 0 Å². The minimum atomic E-state index is 0.395. The highest BCUT2D eigenvalue weighted by Crippen LogP contribution is 2.18. The smallest absolute Gasteiger partial charge is 0.109 e. The number of thioether (sulfide) groups is 1. The highest BCUT2D eigenvalue weighted by atomic mass is 32.2. The summed E-state index contributed by atoms with van der Waals surface area (Å²) in [4.78, 5) is 5.65. The van der Waals surface area contributed by atoms with Gasteiger partial charge in [-0.2, -0.15) is 11.8 Å². The Morgan fingerprint density at radius 1 is 1.64 bits per heavy atom. The van der Waals surface area contributed by atoms with E-state index >= 15 is 0 Å². The third kappa shape index (κ3) is 3.98. The number of hydrogen-bond donors (Lipinski definition) is 1. The summed E-state index contributed by atoms with van der Waals surface area (Å²) in [5.41, 5.74) is 0. The molecule has 0 aliphatic carbocycles. The number of nitrogens with one attached hydrogen (secondary N) is 1. The molecule has 0 aliphatic heterocycles. The van der Waals surface area contributed by atoms with Crippen LogP contribution in [-0.2, 0) is 0 Å². The van der Waals surface area contributed by atoms with Crippen LogP contribution in [0.1, 0.15) is 29.8 Å². The Balaban J connectivity index is 2.25. The van der Waals surface area contributed by atoms with Crippen LogP contribution in [0.5, 0.6) is 0 Å². The van der Waals surface area contributed by atoms with E-state index in [9.17, 15) is 0 Å². The van der Waals surface area contributed by atoms with Crippen molar-refractivity contribution in [3.05, 3.63) is 16.1 Å². The molecular weight excluding hydrogens is 212 g/mol. The van der Waals surface area contributed by atoms with E-state index in [1.165, 1.54) is 21.4 Å². The van der Waals surface area contributed by atoms with E-state index in [1.807, 2.05) is 18.0 Å². The SMILES string of the molecule is CCSCCNC(C)c1ncc(C)s1. The molecule has 0 fully saturated rings. The summed E-state index contributed by atoms with van der Waals surface area (Å²) >= 11 is 3.75. The quantitative estimate of drug-likeness (QED) is 0.761. The van der Waals surface area contributed by atoms with Gasteiger partial charge in [-0.25, -0.2) is 4.98 Å². The van der Waals surface area contributed by atoms with Gasteiger partial charge in [-0.15, -0.1) is 11.3 Å². The molecule has 1 aromatic rings. The molecule has 0 saturated carbocycles. The van der Waals surface area contributed by atoms with Crippen molar-refractivity contribution >= 4 is 23.1 Å². The second-order valence-corrected chi connectivity index (χ2v) is 5.84. The van der Waals surface area contributed by atoms with Crippen molar-refractivity contribution in [2.24, 2.45) is 0 Å². The first-order chi connectivity index (χ1) is 6.74. The van der Waals surface area contributed by atoms with Crippen molar-refractivity contribution in [1.29, 1.82) is 0 Å². The van der Waals surface area contributed by atoms with Crippen molar-refractivity contribution in [3.8, 4) is 0 Å². The molecule has 0 saturated heterocycles. The molecule has 1 rings (SSSR count). The zero-order valence-corrected chi connectivity index (χ0v) is 10.7. The lowest BCUT2D eigenvalue weighted by molar-refractivity contribution is 0.598. The molecule has 0 aliphatic rings. The zero-order valence-electron chi connectivity index (χ0n) is 9.04. The minimum absolute atomic E-state index is 0.395. The fourth-order valence-electron chi connectivity index (χ4n) is 1.15. The Morgan fingerprint density at radius 2 is 2.43 bits per heavy atom. The third-order valence-corrected chi connectivity index (χ3v) is 3.91. The van der Waals surface area contributed by atoms with Crippen LogP contribution in [0.2, 0.25) is 0 Å². The standard InChI is InChI=1S/C10H18N2S2/c1-4-13-6-5-11-9(3)10-12-7-8(2)14-10/h7,9,11H,4-6H2,1-3H3. The molecule has 1 heterocycles. The first kappa shape index (κ1) is 12.0. The summed E-state index contributed by atoms with van der Waals surface area (Å²) in [7, 11) is 0. The van der Waals surface area contributed by atoms with Gasteiger partial charge in [0.15, 0.2) is 0 Å². The van der Waals surface area contributed by atoms with Gasteiger partial charge in [0.2, 0.25) is 0 Å². The molecule has 1 unspecified atom stereocenters. The van der Waals surface area contributed by atoms with Crippen LogP contribution in [0.15, 0.2) is 6.20 Å². The molecule has 4 heteroatoms. The number of rotatable bonds is 6. The van der Waals surface area contributed by atoms with Gasteiger partial charge in [-0.1, -0.05) is 6.92 Å². The van der Waals surface area contributed by atoms with Crippen LogP contribution in [0, 0.1) is 6.92 Å². The van der Waals surface area contributed by atoms with Gasteiger partial charge in [0.25, 0.3) is 0 Å². The largest absolute Gasteiger partial charge is 0.307 e. The maximum absolute atomic E-state index is 4.36. The number of nitrogens with zero attached hydrogens (tertiary/aromatic N) is 1. The molecule has 80 valence electrons. The molecule has 1 N–H and O–H groups in total. The second kappa shape index (κ2) is 6.43. The summed E-state index contributed by atoms with van der Waals surface area (Å²) < 4.78 is 0. The Bertz CT molecular complexity index is 260. The average molecular weight is 230 g/mol. The summed E-state index contributed by atoms with van der Waals surface area (Å²) in [6.07, 6.45) is 1.94. The van der Waals surface area contributed by atoms with Crippen LogP contribution < -0.4 is 5.32 Å². The van der Waals surface area contributed by atoms with Crippen LogP contribution >= 0.6 is 23.1 Å². The van der Waals surface area contributed by atoms with Crippen LogP contribution in [0.3, 0.4) is 0 Å². The molecule has 0 radical (unpaired) electrons. The first-order valence-electron chi connectivity index (χ1n) is 4.97. The topological polar surface area (TPSA) is 24.9 Å². The minimum Gasteiger partial charge on any atom is -0.307 e. The summed E-state index contributed by atoms with van der Waals surface area (Å²) in [5, 5.41) is 4.67. The van der Waals surface area contributed by atoms with E-state index in [-0.39, 0.29) is 0 Å². The van der Waals surface area contributed by atoms with Crippen LogP contribution in [0.4, 0.5) is 0 Å². The lowest BCUT2D eigenvalue weighted by Gasteiger charge is -2.10. The second-order valence-electron chi connectivity index (χ2n) is 3.18. The fraction of sp³-hybridized carbons (Fsp3) is 0.700. The molecule has 0 bridgehead atoms. The monoisotopic (exact) mass is 230 g/mol. The Kier molecular flexibility index (Phi) is 5.52.